The Morgan fingerprint density at radius 2 is 1.89 bits per heavy atom. The second-order valence-corrected chi connectivity index (χ2v) is 8.82. The van der Waals surface area contributed by atoms with Crippen molar-refractivity contribution in [3.05, 3.63) is 78.9 Å². The summed E-state index contributed by atoms with van der Waals surface area (Å²) >= 11 is 0.215. The van der Waals surface area contributed by atoms with Crippen LogP contribution in [0.25, 0.3) is 0 Å². The van der Waals surface area contributed by atoms with E-state index in [0.29, 0.717) is 0 Å². The number of benzene rings is 2. The van der Waals surface area contributed by atoms with Crippen LogP contribution in [-0.4, -0.2) is 44.3 Å². The van der Waals surface area contributed by atoms with Crippen molar-refractivity contribution < 1.29 is 14.3 Å². The molecule has 0 saturated carbocycles. The van der Waals surface area contributed by atoms with Gasteiger partial charge in [-0.2, -0.15) is 0 Å². The molecule has 3 atom stereocenters. The summed E-state index contributed by atoms with van der Waals surface area (Å²) in [5.41, 5.74) is 0.977. The quantitative estimate of drug-likeness (QED) is 0.518. The topological polar surface area (TPSA) is 38.8 Å². The van der Waals surface area contributed by atoms with Crippen molar-refractivity contribution in [1.29, 1.82) is 0 Å². The van der Waals surface area contributed by atoms with Gasteiger partial charge in [-0.25, -0.2) is 0 Å². The van der Waals surface area contributed by atoms with Crippen LogP contribution in [0.15, 0.2) is 73.3 Å². The molecular formula is C22H25NO3Se. The molecule has 4 nitrogen and oxygen atoms in total. The molecule has 0 unspecified atom stereocenters. The summed E-state index contributed by atoms with van der Waals surface area (Å²) in [4.78, 5) is 14.6. The van der Waals surface area contributed by atoms with Gasteiger partial charge in [0.15, 0.2) is 0 Å². The third kappa shape index (κ3) is 5.46. The molecule has 0 aromatic heterocycles. The normalized spacial score (nSPS) is 22.3. The minimum atomic E-state index is -0.317. The Bertz CT molecular complexity index is 738. The summed E-state index contributed by atoms with van der Waals surface area (Å²) in [6.07, 6.45) is 1.92. The molecular weight excluding hydrogens is 405 g/mol. The second kappa shape index (κ2) is 9.75. The Labute approximate surface area is 167 Å². The van der Waals surface area contributed by atoms with Crippen molar-refractivity contribution in [3.63, 3.8) is 0 Å². The van der Waals surface area contributed by atoms with Crippen LogP contribution in [0.4, 0.5) is 4.79 Å². The van der Waals surface area contributed by atoms with Gasteiger partial charge in [0, 0.05) is 0 Å². The van der Waals surface area contributed by atoms with E-state index in [1.807, 2.05) is 61.5 Å². The Kier molecular flexibility index (Phi) is 7.11. The molecule has 1 fully saturated rings. The van der Waals surface area contributed by atoms with Gasteiger partial charge in [0.25, 0.3) is 0 Å². The Morgan fingerprint density at radius 3 is 2.56 bits per heavy atom. The van der Waals surface area contributed by atoms with Gasteiger partial charge in [0.2, 0.25) is 0 Å². The second-order valence-electron chi connectivity index (χ2n) is 6.52. The van der Waals surface area contributed by atoms with E-state index >= 15 is 0 Å². The van der Waals surface area contributed by atoms with Crippen molar-refractivity contribution in [2.24, 2.45) is 0 Å². The molecule has 0 N–H and O–H groups in total. The first kappa shape index (κ1) is 19.7. The number of amides is 1. The molecule has 0 radical (unpaired) electrons. The molecule has 1 aliphatic heterocycles. The average molecular weight is 430 g/mol. The fourth-order valence-corrected chi connectivity index (χ4v) is 5.04. The summed E-state index contributed by atoms with van der Waals surface area (Å²) in [7, 11) is 0. The summed E-state index contributed by atoms with van der Waals surface area (Å²) in [5.74, 6) is 0. The van der Waals surface area contributed by atoms with E-state index in [4.69, 9.17) is 9.47 Å². The molecule has 2 aromatic carbocycles. The molecule has 142 valence electrons. The summed E-state index contributed by atoms with van der Waals surface area (Å²) in [5, 5.41) is 0.784. The van der Waals surface area contributed by atoms with Gasteiger partial charge in [-0.3, -0.25) is 0 Å². The number of rotatable bonds is 6. The number of nitrogens with zero attached hydrogens (tertiary/aromatic N) is 1. The zero-order valence-electron chi connectivity index (χ0n) is 15.5. The summed E-state index contributed by atoms with van der Waals surface area (Å²) < 4.78 is 13.0. The molecule has 0 spiro atoms. The molecule has 0 bridgehead atoms. The van der Waals surface area contributed by atoms with E-state index in [1.54, 1.807) is 4.90 Å². The number of ether oxygens (including phenoxy) is 2. The van der Waals surface area contributed by atoms with Gasteiger partial charge in [-0.15, -0.1) is 0 Å². The predicted octanol–water partition coefficient (Wildman–Crippen LogP) is 3.76. The van der Waals surface area contributed by atoms with Crippen LogP contribution in [0.1, 0.15) is 18.9 Å². The van der Waals surface area contributed by atoms with E-state index in [2.05, 4.69) is 18.7 Å². The molecule has 27 heavy (non-hydrogen) atoms. The van der Waals surface area contributed by atoms with E-state index < -0.39 is 0 Å². The van der Waals surface area contributed by atoms with E-state index in [9.17, 15) is 4.79 Å². The van der Waals surface area contributed by atoms with Gasteiger partial charge >= 0.3 is 167 Å². The molecule has 5 heteroatoms. The van der Waals surface area contributed by atoms with Crippen LogP contribution in [0.5, 0.6) is 0 Å². The van der Waals surface area contributed by atoms with E-state index in [1.165, 1.54) is 4.46 Å². The number of carbonyl (C=O) groups is 1. The Balaban J connectivity index is 1.66. The molecule has 1 amide bonds. The third-order valence-electron chi connectivity index (χ3n) is 4.51. The molecule has 0 aliphatic carbocycles. The van der Waals surface area contributed by atoms with Crippen molar-refractivity contribution in [1.82, 2.24) is 4.90 Å². The first-order valence-electron chi connectivity index (χ1n) is 9.12. The fraction of sp³-hybridized carbons (Fsp3) is 0.318. The van der Waals surface area contributed by atoms with Crippen LogP contribution < -0.4 is 4.46 Å². The first-order valence-corrected chi connectivity index (χ1v) is 11.2. The van der Waals surface area contributed by atoms with Crippen LogP contribution in [0.2, 0.25) is 5.32 Å². The maximum atomic E-state index is 12.8. The molecule has 2 aromatic rings. The first-order chi connectivity index (χ1) is 13.2. The van der Waals surface area contributed by atoms with E-state index in [0.717, 1.165) is 17.3 Å². The summed E-state index contributed by atoms with van der Waals surface area (Å²) in [6, 6.07) is 20.1. The SMILES string of the molecule is C=C[C@@H]1C[C@H](C)N(C(=O)OCc2ccccc2)[C@H](C[Se]c2ccccc2)O1. The molecule has 1 saturated heterocycles. The van der Waals surface area contributed by atoms with Crippen molar-refractivity contribution in [2.45, 2.75) is 43.6 Å². The zero-order chi connectivity index (χ0) is 19.1. The molecule has 1 heterocycles. The average Bonchev–Trinajstić information content (AvgIpc) is 2.71. The standard InChI is InChI=1S/C22H25NO3Se/c1-3-19-14-17(2)23(22(24)25-15-18-10-6-4-7-11-18)21(26-19)16-27-20-12-8-5-9-13-20/h3-13,17,19,21H,1,14-16H2,2H3/t17-,19+,21-/m0/s1. The Morgan fingerprint density at radius 1 is 1.22 bits per heavy atom. The van der Waals surface area contributed by atoms with Gasteiger partial charge in [-0.05, 0) is 0 Å². The van der Waals surface area contributed by atoms with Crippen LogP contribution >= 0.6 is 0 Å². The van der Waals surface area contributed by atoms with E-state index in [-0.39, 0.29) is 46.0 Å². The predicted molar refractivity (Wildman–Crippen MR) is 108 cm³/mol. The number of hydrogen-bond acceptors (Lipinski definition) is 3. The van der Waals surface area contributed by atoms with Crippen LogP contribution in [-0.2, 0) is 16.1 Å². The van der Waals surface area contributed by atoms with Crippen molar-refractivity contribution >= 4 is 25.5 Å². The van der Waals surface area contributed by atoms with Crippen LogP contribution in [0, 0.1) is 0 Å². The number of carbonyl (C=O) groups excluding carboxylic acids is 1. The number of hydrogen-bond donors (Lipinski definition) is 0. The van der Waals surface area contributed by atoms with Gasteiger partial charge in [-0.1, -0.05) is 0 Å². The van der Waals surface area contributed by atoms with Gasteiger partial charge in [0.1, 0.15) is 0 Å². The van der Waals surface area contributed by atoms with Gasteiger partial charge < -0.3 is 0 Å². The van der Waals surface area contributed by atoms with Crippen molar-refractivity contribution in [2.75, 3.05) is 0 Å². The maximum absolute atomic E-state index is 12.8. The minimum absolute atomic E-state index is 0.0326. The van der Waals surface area contributed by atoms with Crippen LogP contribution in [0.3, 0.4) is 0 Å². The summed E-state index contributed by atoms with van der Waals surface area (Å²) in [6.45, 7) is 6.18. The Hall–Kier alpha value is -2.07. The third-order valence-corrected chi connectivity index (χ3v) is 6.72. The monoisotopic (exact) mass is 431 g/mol. The fourth-order valence-electron chi connectivity index (χ4n) is 3.10. The molecule has 1 aliphatic rings. The molecule has 3 rings (SSSR count). The van der Waals surface area contributed by atoms with Gasteiger partial charge in [0.05, 0.1) is 0 Å². The zero-order valence-corrected chi connectivity index (χ0v) is 17.2. The van der Waals surface area contributed by atoms with Crippen molar-refractivity contribution in [3.8, 4) is 0 Å².